The number of unbranched alkanes of at least 4 members (excludes halogenated alkanes) is 11. The van der Waals surface area contributed by atoms with Crippen LogP contribution in [-0.2, 0) is 23.7 Å². The summed E-state index contributed by atoms with van der Waals surface area (Å²) >= 11 is 0. The highest BCUT2D eigenvalue weighted by molar-refractivity contribution is 5.90. The molecular formula is C37H64O7. The molecular weight excluding hydrogens is 556 g/mol. The lowest BCUT2D eigenvalue weighted by Gasteiger charge is -2.24. The molecule has 7 nitrogen and oxygen atoms in total. The number of hydrogen-bond acceptors (Lipinski definition) is 7. The van der Waals surface area contributed by atoms with E-state index >= 15 is 0 Å². The average molecular weight is 621 g/mol. The van der Waals surface area contributed by atoms with Crippen molar-refractivity contribution in [1.82, 2.24) is 0 Å². The van der Waals surface area contributed by atoms with Crippen molar-refractivity contribution in [3.05, 3.63) is 11.6 Å². The van der Waals surface area contributed by atoms with Gasteiger partial charge >= 0.3 is 5.97 Å². The van der Waals surface area contributed by atoms with Crippen molar-refractivity contribution in [2.75, 3.05) is 0 Å². The highest BCUT2D eigenvalue weighted by Crippen LogP contribution is 2.37. The first-order valence-corrected chi connectivity index (χ1v) is 18.7. The molecule has 0 radical (unpaired) electrons. The zero-order valence-electron chi connectivity index (χ0n) is 28.0. The normalized spacial score (nSPS) is 31.9. The van der Waals surface area contributed by atoms with Gasteiger partial charge in [0.15, 0.2) is 0 Å². The predicted molar refractivity (Wildman–Crippen MR) is 173 cm³/mol. The third kappa shape index (κ3) is 12.0. The first-order valence-electron chi connectivity index (χ1n) is 18.7. The Balaban J connectivity index is 1.00. The van der Waals surface area contributed by atoms with Gasteiger partial charge in [-0.05, 0) is 70.8 Å². The van der Waals surface area contributed by atoms with E-state index in [1.54, 1.807) is 0 Å². The summed E-state index contributed by atoms with van der Waals surface area (Å²) in [5.74, 6) is -0.282. The molecule has 9 atom stereocenters. The molecule has 0 saturated carbocycles. The lowest BCUT2D eigenvalue weighted by Crippen LogP contribution is -2.33. The van der Waals surface area contributed by atoms with Crippen LogP contribution in [0.2, 0.25) is 0 Å². The van der Waals surface area contributed by atoms with Gasteiger partial charge in [-0.2, -0.15) is 0 Å². The molecule has 7 heteroatoms. The molecule has 0 spiro atoms. The van der Waals surface area contributed by atoms with Crippen LogP contribution in [0.5, 0.6) is 0 Å². The van der Waals surface area contributed by atoms with Crippen molar-refractivity contribution >= 4 is 5.97 Å². The molecule has 4 rings (SSSR count). The summed E-state index contributed by atoms with van der Waals surface area (Å²) in [5, 5.41) is 21.1. The molecule has 0 aliphatic carbocycles. The Bertz CT molecular complexity index is 846. The van der Waals surface area contributed by atoms with Crippen molar-refractivity contribution in [2.45, 2.75) is 216 Å². The summed E-state index contributed by atoms with van der Waals surface area (Å²) in [4.78, 5) is 11.7. The summed E-state index contributed by atoms with van der Waals surface area (Å²) in [7, 11) is 0. The van der Waals surface area contributed by atoms with Crippen molar-refractivity contribution in [3.8, 4) is 0 Å². The van der Waals surface area contributed by atoms with E-state index in [0.717, 1.165) is 77.0 Å². The molecule has 0 aromatic carbocycles. The minimum absolute atomic E-state index is 0.0329. The molecule has 3 fully saturated rings. The molecule has 2 N–H and O–H groups in total. The monoisotopic (exact) mass is 620 g/mol. The van der Waals surface area contributed by atoms with Crippen molar-refractivity contribution < 1.29 is 34.0 Å². The third-order valence-corrected chi connectivity index (χ3v) is 10.4. The number of aliphatic hydroxyl groups is 2. The molecule has 0 amide bonds. The fourth-order valence-electron chi connectivity index (χ4n) is 7.79. The molecule has 0 aromatic heterocycles. The quantitative estimate of drug-likeness (QED) is 0.0939. The largest absolute Gasteiger partial charge is 0.455 e. The van der Waals surface area contributed by atoms with Crippen LogP contribution in [0.15, 0.2) is 11.6 Å². The smallest absolute Gasteiger partial charge is 0.334 e. The first-order chi connectivity index (χ1) is 21.4. The Kier molecular flexibility index (Phi) is 16.0. The summed E-state index contributed by atoms with van der Waals surface area (Å²) in [6.45, 7) is 4.11. The number of aliphatic hydroxyl groups excluding tert-OH is 2. The van der Waals surface area contributed by atoms with Crippen LogP contribution in [0.3, 0.4) is 0 Å². The number of hydrogen-bond donors (Lipinski definition) is 2. The van der Waals surface area contributed by atoms with Crippen molar-refractivity contribution in [1.29, 1.82) is 0 Å². The Morgan fingerprint density at radius 2 is 1.27 bits per heavy atom. The van der Waals surface area contributed by atoms with E-state index in [9.17, 15) is 15.0 Å². The maximum absolute atomic E-state index is 11.7. The number of rotatable bonds is 22. The van der Waals surface area contributed by atoms with Crippen LogP contribution in [0, 0.1) is 0 Å². The molecule has 254 valence electrons. The Labute approximate surface area is 267 Å². The maximum Gasteiger partial charge on any atom is 0.334 e. The molecule has 3 saturated heterocycles. The van der Waals surface area contributed by atoms with Crippen LogP contribution >= 0.6 is 0 Å². The van der Waals surface area contributed by atoms with Crippen LogP contribution in [0.4, 0.5) is 0 Å². The van der Waals surface area contributed by atoms with Crippen LogP contribution in [0.25, 0.3) is 0 Å². The van der Waals surface area contributed by atoms with Crippen molar-refractivity contribution in [3.63, 3.8) is 0 Å². The van der Waals surface area contributed by atoms with Gasteiger partial charge in [-0.3, -0.25) is 0 Å². The Morgan fingerprint density at radius 1 is 0.705 bits per heavy atom. The topological polar surface area (TPSA) is 94.5 Å². The van der Waals surface area contributed by atoms with Gasteiger partial charge in [0.05, 0.1) is 48.8 Å². The van der Waals surface area contributed by atoms with E-state index in [1.165, 1.54) is 57.8 Å². The second-order valence-corrected chi connectivity index (χ2v) is 14.3. The van der Waals surface area contributed by atoms with Gasteiger partial charge < -0.3 is 29.2 Å². The average Bonchev–Trinajstić information content (AvgIpc) is 3.81. The molecule has 44 heavy (non-hydrogen) atoms. The van der Waals surface area contributed by atoms with Gasteiger partial charge in [0.2, 0.25) is 0 Å². The van der Waals surface area contributed by atoms with Gasteiger partial charge in [-0.25, -0.2) is 4.79 Å². The summed E-state index contributed by atoms with van der Waals surface area (Å²) in [6, 6.07) is 0. The highest BCUT2D eigenvalue weighted by atomic mass is 16.6. The van der Waals surface area contributed by atoms with Gasteiger partial charge in [-0.1, -0.05) is 90.4 Å². The second-order valence-electron chi connectivity index (χ2n) is 14.3. The van der Waals surface area contributed by atoms with E-state index in [2.05, 4.69) is 6.92 Å². The fourth-order valence-corrected chi connectivity index (χ4v) is 7.79. The lowest BCUT2D eigenvalue weighted by molar-refractivity contribution is -0.139. The standard InChI is InChI=1S/C37H64O7/c1-3-4-5-6-7-8-9-10-11-15-18-31(39)32-21-22-35(43-32)36-24-23-34(44-36)33-20-19-30(42-33)17-14-12-13-16-29(38)26-28-25-27(2)41-37(28)40/h25,27,29-36,38-39H,3-24,26H2,1-2H3/t27-,29+,30+,31+,32+,33-,34-,35-,36-/m0/s1. The zero-order valence-corrected chi connectivity index (χ0v) is 28.0. The number of esters is 1. The van der Waals surface area contributed by atoms with Crippen molar-refractivity contribution in [2.24, 2.45) is 0 Å². The van der Waals surface area contributed by atoms with E-state index in [4.69, 9.17) is 18.9 Å². The fraction of sp³-hybridized carbons (Fsp3) is 0.919. The number of carbonyl (C=O) groups is 1. The van der Waals surface area contributed by atoms with E-state index < -0.39 is 6.10 Å². The van der Waals surface area contributed by atoms with Gasteiger partial charge in [0.25, 0.3) is 0 Å². The lowest BCUT2D eigenvalue weighted by atomic mass is 10.0. The Hall–Kier alpha value is -0.990. The van der Waals surface area contributed by atoms with E-state index in [0.29, 0.717) is 24.5 Å². The molecule has 4 aliphatic heterocycles. The predicted octanol–water partition coefficient (Wildman–Crippen LogP) is 7.87. The number of cyclic esters (lactones) is 1. The minimum atomic E-state index is -0.481. The SMILES string of the molecule is CCCCCCCCCCCC[C@@H](O)[C@H]1CC[C@@H]([C@@H]2CC[C@@H]([C@@H]3CC[C@@H](CCCCC[C@@H](O)CC4=C[C@H](C)OC4=O)O3)O2)O1. The highest BCUT2D eigenvalue weighted by Gasteiger charge is 2.43. The third-order valence-electron chi connectivity index (χ3n) is 10.4. The van der Waals surface area contributed by atoms with E-state index in [1.807, 2.05) is 13.0 Å². The van der Waals surface area contributed by atoms with Gasteiger partial charge in [0.1, 0.15) is 6.10 Å². The summed E-state index contributed by atoms with van der Waals surface area (Å²) in [5.41, 5.74) is 0.614. The van der Waals surface area contributed by atoms with Gasteiger partial charge in [0, 0.05) is 12.0 Å². The minimum Gasteiger partial charge on any atom is -0.455 e. The summed E-state index contributed by atoms with van der Waals surface area (Å²) in [6.07, 6.45) is 27.1. The Morgan fingerprint density at radius 3 is 1.95 bits per heavy atom. The second kappa shape index (κ2) is 19.6. The van der Waals surface area contributed by atoms with Gasteiger partial charge in [-0.15, -0.1) is 0 Å². The van der Waals surface area contributed by atoms with Crippen LogP contribution in [0.1, 0.15) is 162 Å². The van der Waals surface area contributed by atoms with Crippen LogP contribution in [-0.4, -0.2) is 71.1 Å². The summed E-state index contributed by atoms with van der Waals surface area (Å²) < 4.78 is 24.4. The molecule has 4 aliphatic rings. The van der Waals surface area contributed by atoms with E-state index in [-0.39, 0.29) is 48.7 Å². The molecule has 0 aromatic rings. The molecule has 4 heterocycles. The first kappa shape index (κ1) is 35.9. The van der Waals surface area contributed by atoms with Crippen LogP contribution < -0.4 is 0 Å². The molecule has 0 unspecified atom stereocenters. The molecule has 0 bridgehead atoms. The number of carbonyl (C=O) groups excluding carboxylic acids is 1. The number of ether oxygens (including phenoxy) is 4. The zero-order chi connectivity index (χ0) is 31.1. The maximum atomic E-state index is 11.7.